The molecule has 0 radical (unpaired) electrons. The largest absolute Gasteiger partial charge is 0.390 e. The van der Waals surface area contributed by atoms with Crippen molar-refractivity contribution in [3.05, 3.63) is 0 Å². The zero-order valence-electron chi connectivity index (χ0n) is 14.0. The molecule has 3 nitrogen and oxygen atoms in total. The number of aliphatic hydroxyl groups excluding tert-OH is 1. The van der Waals surface area contributed by atoms with Crippen LogP contribution in [0, 0.1) is 28.6 Å². The summed E-state index contributed by atoms with van der Waals surface area (Å²) in [4.78, 5) is 12.4. The van der Waals surface area contributed by atoms with Crippen LogP contribution in [0.5, 0.6) is 0 Å². The van der Waals surface area contributed by atoms with E-state index in [1.807, 2.05) is 0 Å². The highest BCUT2D eigenvalue weighted by molar-refractivity contribution is 5.87. The predicted octanol–water partition coefficient (Wildman–Crippen LogP) is 3.07. The predicted molar refractivity (Wildman–Crippen MR) is 84.2 cm³/mol. The number of rotatable bonds is 0. The first-order valence-corrected chi connectivity index (χ1v) is 9.27. The molecule has 0 amide bonds. The van der Waals surface area contributed by atoms with Crippen molar-refractivity contribution in [1.82, 2.24) is 0 Å². The summed E-state index contributed by atoms with van der Waals surface area (Å²) in [5.41, 5.74) is -1.16. The minimum atomic E-state index is -0.900. The second-order valence-corrected chi connectivity index (χ2v) is 9.08. The third-order valence-electron chi connectivity index (χ3n) is 8.54. The van der Waals surface area contributed by atoms with Crippen molar-refractivity contribution in [2.24, 2.45) is 28.6 Å². The summed E-state index contributed by atoms with van der Waals surface area (Å²) in [5, 5.41) is 21.8. The summed E-state index contributed by atoms with van der Waals surface area (Å²) in [7, 11) is 0. The Bertz CT molecular complexity index is 503. The van der Waals surface area contributed by atoms with Crippen LogP contribution in [-0.2, 0) is 4.79 Å². The zero-order valence-corrected chi connectivity index (χ0v) is 14.0. The van der Waals surface area contributed by atoms with Gasteiger partial charge in [0.15, 0.2) is 0 Å². The van der Waals surface area contributed by atoms with Gasteiger partial charge in [0.05, 0.1) is 11.7 Å². The number of Topliss-reactive ketones (excluding diaryl/α,β-unsaturated/α-hetero) is 1. The van der Waals surface area contributed by atoms with Crippen molar-refractivity contribution in [2.75, 3.05) is 0 Å². The lowest BCUT2D eigenvalue weighted by Crippen LogP contribution is -2.66. The summed E-state index contributed by atoms with van der Waals surface area (Å²) in [6.45, 7) is 4.42. The Balaban J connectivity index is 1.71. The molecule has 4 rings (SSSR count). The first kappa shape index (κ1) is 15.1. The average molecular weight is 306 g/mol. The number of ketones is 1. The molecule has 0 unspecified atom stereocenters. The normalized spacial score (nSPS) is 57.9. The van der Waals surface area contributed by atoms with E-state index in [-0.39, 0.29) is 10.8 Å². The Hall–Kier alpha value is -0.410. The van der Waals surface area contributed by atoms with Crippen LogP contribution in [0.3, 0.4) is 0 Å². The number of aliphatic hydroxyl groups is 2. The van der Waals surface area contributed by atoms with Crippen LogP contribution >= 0.6 is 0 Å². The van der Waals surface area contributed by atoms with E-state index in [0.717, 1.165) is 51.4 Å². The van der Waals surface area contributed by atoms with Gasteiger partial charge in [-0.3, -0.25) is 4.79 Å². The first-order chi connectivity index (χ1) is 10.3. The van der Waals surface area contributed by atoms with Gasteiger partial charge in [-0.15, -0.1) is 0 Å². The van der Waals surface area contributed by atoms with Crippen LogP contribution in [0.25, 0.3) is 0 Å². The summed E-state index contributed by atoms with van der Waals surface area (Å²) in [6, 6.07) is 0. The molecule has 0 spiro atoms. The highest BCUT2D eigenvalue weighted by Gasteiger charge is 2.65. The molecule has 0 bridgehead atoms. The maximum absolute atomic E-state index is 12.4. The first-order valence-electron chi connectivity index (χ1n) is 9.27. The van der Waals surface area contributed by atoms with Crippen molar-refractivity contribution < 1.29 is 15.0 Å². The van der Waals surface area contributed by atoms with Gasteiger partial charge < -0.3 is 10.2 Å². The molecule has 4 saturated carbocycles. The minimum Gasteiger partial charge on any atom is -0.390 e. The number of hydrogen-bond donors (Lipinski definition) is 2. The van der Waals surface area contributed by atoms with Crippen LogP contribution in [-0.4, -0.2) is 27.7 Å². The van der Waals surface area contributed by atoms with Crippen molar-refractivity contribution >= 4 is 5.78 Å². The van der Waals surface area contributed by atoms with Gasteiger partial charge in [0.2, 0.25) is 0 Å². The lowest BCUT2D eigenvalue weighted by atomic mass is 9.43. The highest BCUT2D eigenvalue weighted by Crippen LogP contribution is 2.66. The molecule has 0 aromatic heterocycles. The van der Waals surface area contributed by atoms with Gasteiger partial charge in [-0.05, 0) is 62.7 Å². The van der Waals surface area contributed by atoms with Gasteiger partial charge in [0.1, 0.15) is 5.78 Å². The topological polar surface area (TPSA) is 57.5 Å². The molecule has 7 atom stereocenters. The van der Waals surface area contributed by atoms with Gasteiger partial charge >= 0.3 is 0 Å². The maximum Gasteiger partial charge on any atom is 0.139 e. The molecule has 0 saturated heterocycles. The van der Waals surface area contributed by atoms with Crippen LogP contribution < -0.4 is 0 Å². The van der Waals surface area contributed by atoms with Crippen molar-refractivity contribution in [2.45, 2.75) is 83.3 Å². The molecule has 0 heterocycles. The summed E-state index contributed by atoms with van der Waals surface area (Å²) in [5.74, 6) is 2.04. The Morgan fingerprint density at radius 2 is 1.77 bits per heavy atom. The Morgan fingerprint density at radius 1 is 1.00 bits per heavy atom. The number of hydrogen-bond acceptors (Lipinski definition) is 3. The molecular weight excluding hydrogens is 276 g/mol. The van der Waals surface area contributed by atoms with Crippen molar-refractivity contribution in [1.29, 1.82) is 0 Å². The van der Waals surface area contributed by atoms with Crippen LogP contribution in [0.1, 0.15) is 71.6 Å². The maximum atomic E-state index is 12.4. The third-order valence-corrected chi connectivity index (χ3v) is 8.54. The zero-order chi connectivity index (χ0) is 15.8. The van der Waals surface area contributed by atoms with E-state index in [1.165, 1.54) is 0 Å². The molecule has 0 aromatic carbocycles. The molecule has 124 valence electrons. The van der Waals surface area contributed by atoms with Gasteiger partial charge in [-0.1, -0.05) is 20.3 Å². The second kappa shape index (κ2) is 4.57. The third kappa shape index (κ3) is 1.62. The molecule has 0 aromatic rings. The van der Waals surface area contributed by atoms with E-state index in [0.29, 0.717) is 30.0 Å². The average Bonchev–Trinajstić information content (AvgIpc) is 2.78. The van der Waals surface area contributed by atoms with E-state index in [1.54, 1.807) is 0 Å². The fourth-order valence-electron chi connectivity index (χ4n) is 7.10. The van der Waals surface area contributed by atoms with E-state index in [4.69, 9.17) is 0 Å². The van der Waals surface area contributed by atoms with Gasteiger partial charge in [-0.2, -0.15) is 0 Å². The quantitative estimate of drug-likeness (QED) is 0.723. The van der Waals surface area contributed by atoms with Gasteiger partial charge in [0, 0.05) is 17.3 Å². The van der Waals surface area contributed by atoms with Gasteiger partial charge in [0.25, 0.3) is 0 Å². The number of carbonyl (C=O) groups excluding carboxylic acids is 1. The van der Waals surface area contributed by atoms with E-state index in [2.05, 4.69) is 13.8 Å². The highest BCUT2D eigenvalue weighted by atomic mass is 16.3. The van der Waals surface area contributed by atoms with Crippen LogP contribution in [0.4, 0.5) is 0 Å². The minimum absolute atomic E-state index is 0.0970. The summed E-state index contributed by atoms with van der Waals surface area (Å²) in [6.07, 6.45) is 7.77. The molecule has 2 N–H and O–H groups in total. The SMILES string of the molecule is C[C@]12CC[C@H]3[C@@H](CC[C@@]4(O)[C@H](O)CCC[C@]34C)[C@@H]1CCC2=O. The standard InChI is InChI=1S/C19H30O3/c1-17-10-8-14-12(13(17)5-6-15(17)20)7-11-19(22)16(21)4-3-9-18(14,19)2/h12-14,16,21-22H,3-11H2,1-2H3/t12-,13-,14-,16+,17-,18+,19+/m0/s1. The Labute approximate surface area is 133 Å². The van der Waals surface area contributed by atoms with Crippen molar-refractivity contribution in [3.63, 3.8) is 0 Å². The molecule has 22 heavy (non-hydrogen) atoms. The van der Waals surface area contributed by atoms with Crippen LogP contribution in [0.15, 0.2) is 0 Å². The lowest BCUT2D eigenvalue weighted by Gasteiger charge is -2.63. The van der Waals surface area contributed by atoms with Gasteiger partial charge in [-0.25, -0.2) is 0 Å². The summed E-state index contributed by atoms with van der Waals surface area (Å²) < 4.78 is 0. The van der Waals surface area contributed by atoms with E-state index < -0.39 is 11.7 Å². The molecule has 4 fully saturated rings. The fourth-order valence-corrected chi connectivity index (χ4v) is 7.10. The summed E-state index contributed by atoms with van der Waals surface area (Å²) >= 11 is 0. The van der Waals surface area contributed by atoms with E-state index in [9.17, 15) is 15.0 Å². The smallest absolute Gasteiger partial charge is 0.139 e. The molecule has 3 heteroatoms. The Morgan fingerprint density at radius 3 is 2.55 bits per heavy atom. The number of fused-ring (bicyclic) bond motifs is 5. The second-order valence-electron chi connectivity index (χ2n) is 9.08. The Kier molecular flexibility index (Phi) is 3.14. The molecule has 0 aliphatic heterocycles. The van der Waals surface area contributed by atoms with E-state index >= 15 is 0 Å². The lowest BCUT2D eigenvalue weighted by molar-refractivity contribution is -0.243. The molecule has 4 aliphatic rings. The fraction of sp³-hybridized carbons (Fsp3) is 0.947. The monoisotopic (exact) mass is 306 g/mol. The van der Waals surface area contributed by atoms with Crippen LogP contribution in [0.2, 0.25) is 0 Å². The number of carbonyl (C=O) groups is 1. The van der Waals surface area contributed by atoms with Crippen molar-refractivity contribution in [3.8, 4) is 0 Å². The molecular formula is C19H30O3. The molecule has 4 aliphatic carbocycles.